The van der Waals surface area contributed by atoms with E-state index in [0.29, 0.717) is 5.92 Å². The summed E-state index contributed by atoms with van der Waals surface area (Å²) >= 11 is 1.78. The summed E-state index contributed by atoms with van der Waals surface area (Å²) in [6.07, 6.45) is 6.24. The number of imidazole rings is 1. The minimum Gasteiger partial charge on any atom is -0.381 e. The standard InChI is InChI=1S/C15H21N3OS/c1-18-8-7-17-15(18)14(13-3-2-10-20-13)16-6-4-12-5-9-19-11-12/h2-3,7-8,10,12,14,16H,4-6,9,11H2,1H3. The van der Waals surface area contributed by atoms with E-state index in [9.17, 15) is 0 Å². The minimum atomic E-state index is 0.192. The quantitative estimate of drug-likeness (QED) is 0.889. The van der Waals surface area contributed by atoms with E-state index in [1.54, 1.807) is 11.3 Å². The van der Waals surface area contributed by atoms with Gasteiger partial charge >= 0.3 is 0 Å². The number of aryl methyl sites for hydroxylation is 1. The third-order valence-electron chi connectivity index (χ3n) is 3.87. The fourth-order valence-corrected chi connectivity index (χ4v) is 3.47. The minimum absolute atomic E-state index is 0.192. The second kappa shape index (κ2) is 6.52. The Morgan fingerprint density at radius 2 is 2.55 bits per heavy atom. The molecule has 1 N–H and O–H groups in total. The van der Waals surface area contributed by atoms with Crippen LogP contribution < -0.4 is 5.32 Å². The average Bonchev–Trinajstić information content (AvgIpc) is 3.18. The van der Waals surface area contributed by atoms with Crippen LogP contribution in [0.4, 0.5) is 0 Å². The maximum atomic E-state index is 5.44. The van der Waals surface area contributed by atoms with E-state index in [0.717, 1.165) is 25.6 Å². The summed E-state index contributed by atoms with van der Waals surface area (Å²) in [5.41, 5.74) is 0. The number of nitrogens with zero attached hydrogens (tertiary/aromatic N) is 2. The van der Waals surface area contributed by atoms with Crippen molar-refractivity contribution in [2.75, 3.05) is 19.8 Å². The highest BCUT2D eigenvalue weighted by atomic mass is 32.1. The highest BCUT2D eigenvalue weighted by Gasteiger charge is 2.20. The van der Waals surface area contributed by atoms with E-state index in [1.165, 1.54) is 17.7 Å². The zero-order chi connectivity index (χ0) is 13.8. The SMILES string of the molecule is Cn1ccnc1C(NCCC1CCOC1)c1cccs1. The lowest BCUT2D eigenvalue weighted by molar-refractivity contribution is 0.184. The average molecular weight is 291 g/mol. The third-order valence-corrected chi connectivity index (χ3v) is 4.81. The Balaban J connectivity index is 1.65. The van der Waals surface area contributed by atoms with Crippen molar-refractivity contribution in [2.24, 2.45) is 13.0 Å². The van der Waals surface area contributed by atoms with Gasteiger partial charge in [0.2, 0.25) is 0 Å². The van der Waals surface area contributed by atoms with Crippen molar-refractivity contribution >= 4 is 11.3 Å². The summed E-state index contributed by atoms with van der Waals surface area (Å²) in [6.45, 7) is 2.86. The molecule has 3 heterocycles. The van der Waals surface area contributed by atoms with Gasteiger partial charge in [0.15, 0.2) is 0 Å². The Labute approximate surface area is 123 Å². The fourth-order valence-electron chi connectivity index (χ4n) is 2.67. The topological polar surface area (TPSA) is 39.1 Å². The molecule has 0 bridgehead atoms. The lowest BCUT2D eigenvalue weighted by Gasteiger charge is -2.18. The molecule has 20 heavy (non-hydrogen) atoms. The van der Waals surface area contributed by atoms with Crippen molar-refractivity contribution < 1.29 is 4.74 Å². The Morgan fingerprint density at radius 1 is 1.60 bits per heavy atom. The third kappa shape index (κ3) is 3.11. The molecule has 5 heteroatoms. The molecule has 3 rings (SSSR count). The smallest absolute Gasteiger partial charge is 0.131 e. The number of rotatable bonds is 6. The van der Waals surface area contributed by atoms with Gasteiger partial charge in [-0.15, -0.1) is 11.3 Å². The van der Waals surface area contributed by atoms with Crippen LogP contribution in [0.1, 0.15) is 29.6 Å². The van der Waals surface area contributed by atoms with Crippen LogP contribution in [0.15, 0.2) is 29.9 Å². The number of nitrogens with one attached hydrogen (secondary N) is 1. The molecule has 1 aliphatic heterocycles. The molecule has 0 aliphatic carbocycles. The summed E-state index contributed by atoms with van der Waals surface area (Å²) in [4.78, 5) is 5.83. The maximum Gasteiger partial charge on any atom is 0.131 e. The second-order valence-corrected chi connectivity index (χ2v) is 6.30. The molecule has 1 saturated heterocycles. The number of thiophene rings is 1. The monoisotopic (exact) mass is 291 g/mol. The zero-order valence-corrected chi connectivity index (χ0v) is 12.6. The Morgan fingerprint density at radius 3 is 3.20 bits per heavy atom. The van der Waals surface area contributed by atoms with Crippen molar-refractivity contribution in [2.45, 2.75) is 18.9 Å². The molecule has 108 valence electrons. The molecular formula is C15H21N3OS. The highest BCUT2D eigenvalue weighted by molar-refractivity contribution is 7.10. The summed E-state index contributed by atoms with van der Waals surface area (Å²) in [5.74, 6) is 1.79. The van der Waals surface area contributed by atoms with E-state index >= 15 is 0 Å². The highest BCUT2D eigenvalue weighted by Crippen LogP contribution is 2.25. The van der Waals surface area contributed by atoms with E-state index in [1.807, 2.05) is 12.4 Å². The first-order valence-electron chi connectivity index (χ1n) is 7.16. The van der Waals surface area contributed by atoms with Crippen LogP contribution in [-0.4, -0.2) is 29.3 Å². The van der Waals surface area contributed by atoms with Crippen LogP contribution in [0.2, 0.25) is 0 Å². The molecule has 0 amide bonds. The van der Waals surface area contributed by atoms with Crippen molar-refractivity contribution in [1.29, 1.82) is 0 Å². The largest absolute Gasteiger partial charge is 0.381 e. The zero-order valence-electron chi connectivity index (χ0n) is 11.8. The number of hydrogen-bond acceptors (Lipinski definition) is 4. The van der Waals surface area contributed by atoms with Crippen LogP contribution in [0.25, 0.3) is 0 Å². The maximum absolute atomic E-state index is 5.44. The van der Waals surface area contributed by atoms with Crippen LogP contribution in [-0.2, 0) is 11.8 Å². The molecule has 1 aliphatic rings. The van der Waals surface area contributed by atoms with E-state index in [2.05, 4.69) is 39.4 Å². The van der Waals surface area contributed by atoms with Crippen molar-refractivity contribution in [3.8, 4) is 0 Å². The van der Waals surface area contributed by atoms with Gasteiger partial charge in [0.1, 0.15) is 11.9 Å². The summed E-state index contributed by atoms with van der Waals surface area (Å²) in [6, 6.07) is 4.47. The lowest BCUT2D eigenvalue weighted by atomic mass is 10.1. The molecule has 0 saturated carbocycles. The van der Waals surface area contributed by atoms with E-state index in [4.69, 9.17) is 4.74 Å². The van der Waals surface area contributed by atoms with Gasteiger partial charge in [-0.3, -0.25) is 0 Å². The van der Waals surface area contributed by atoms with Gasteiger partial charge in [-0.05, 0) is 36.8 Å². The molecule has 0 aromatic carbocycles. The number of aromatic nitrogens is 2. The van der Waals surface area contributed by atoms with Gasteiger partial charge in [0.05, 0.1) is 0 Å². The molecule has 0 radical (unpaired) electrons. The van der Waals surface area contributed by atoms with Crippen molar-refractivity contribution in [3.05, 3.63) is 40.6 Å². The first kappa shape index (κ1) is 13.8. The molecule has 2 unspecified atom stereocenters. The normalized spacial score (nSPS) is 20.4. The molecule has 0 spiro atoms. The summed E-state index contributed by atoms with van der Waals surface area (Å²) in [7, 11) is 2.05. The van der Waals surface area contributed by atoms with Crippen LogP contribution in [0, 0.1) is 5.92 Å². The Bertz CT molecular complexity index is 517. The predicted octanol–water partition coefficient (Wildman–Crippen LogP) is 2.59. The molecule has 2 aromatic rings. The van der Waals surface area contributed by atoms with Gasteiger partial charge < -0.3 is 14.6 Å². The number of ether oxygens (including phenoxy) is 1. The molecule has 1 fully saturated rings. The molecule has 2 atom stereocenters. The molecule has 2 aromatic heterocycles. The van der Waals surface area contributed by atoms with Crippen molar-refractivity contribution in [3.63, 3.8) is 0 Å². The Kier molecular flexibility index (Phi) is 4.50. The van der Waals surface area contributed by atoms with Gasteiger partial charge in [-0.2, -0.15) is 0 Å². The summed E-state index contributed by atoms with van der Waals surface area (Å²) < 4.78 is 7.53. The number of hydrogen-bond donors (Lipinski definition) is 1. The van der Waals surface area contributed by atoms with E-state index in [-0.39, 0.29) is 6.04 Å². The molecule has 4 nitrogen and oxygen atoms in total. The van der Waals surface area contributed by atoms with Gasteiger partial charge in [-0.1, -0.05) is 6.07 Å². The van der Waals surface area contributed by atoms with Gasteiger partial charge in [0, 0.05) is 37.5 Å². The first-order valence-corrected chi connectivity index (χ1v) is 8.04. The van der Waals surface area contributed by atoms with Crippen LogP contribution in [0.5, 0.6) is 0 Å². The van der Waals surface area contributed by atoms with Crippen LogP contribution >= 0.6 is 11.3 Å². The van der Waals surface area contributed by atoms with Gasteiger partial charge in [0.25, 0.3) is 0 Å². The molecular weight excluding hydrogens is 270 g/mol. The van der Waals surface area contributed by atoms with Crippen molar-refractivity contribution in [1.82, 2.24) is 14.9 Å². The van der Waals surface area contributed by atoms with E-state index < -0.39 is 0 Å². The van der Waals surface area contributed by atoms with Crippen LogP contribution in [0.3, 0.4) is 0 Å². The summed E-state index contributed by atoms with van der Waals surface area (Å²) in [5, 5.41) is 5.79. The predicted molar refractivity (Wildman–Crippen MR) is 80.9 cm³/mol. The lowest BCUT2D eigenvalue weighted by Crippen LogP contribution is -2.26. The van der Waals surface area contributed by atoms with Gasteiger partial charge in [-0.25, -0.2) is 4.98 Å². The first-order chi connectivity index (χ1) is 9.84. The Hall–Kier alpha value is -1.17. The fraction of sp³-hybridized carbons (Fsp3) is 0.533. The second-order valence-electron chi connectivity index (χ2n) is 5.32.